The fourth-order valence-corrected chi connectivity index (χ4v) is 1.65. The van der Waals surface area contributed by atoms with Crippen molar-refractivity contribution in [3.63, 3.8) is 0 Å². The predicted octanol–water partition coefficient (Wildman–Crippen LogP) is 2.91. The number of hydrogen-bond acceptors (Lipinski definition) is 1. The highest BCUT2D eigenvalue weighted by Crippen LogP contribution is 2.25. The molecule has 2 rings (SSSR count). The van der Waals surface area contributed by atoms with Crippen molar-refractivity contribution in [1.82, 2.24) is 4.98 Å². The summed E-state index contributed by atoms with van der Waals surface area (Å²) in [6.45, 7) is 0. The molecule has 1 aliphatic rings. The lowest BCUT2D eigenvalue weighted by atomic mass is 9.93. The fraction of sp³-hybridized carbons (Fsp3) is 0.364. The first kappa shape index (κ1) is 7.53. The van der Waals surface area contributed by atoms with Crippen molar-refractivity contribution in [3.05, 3.63) is 42.2 Å². The van der Waals surface area contributed by atoms with E-state index >= 15 is 0 Å². The standard InChI is InChI=1S/C11H13N/c1-2-6-10(7-3-1)11-8-4-5-9-12-11/h2,4-6,8-10H,1,3,7H2/t10-/m0/s1. The summed E-state index contributed by atoms with van der Waals surface area (Å²) in [5.74, 6) is 0.569. The Hall–Kier alpha value is -1.11. The Morgan fingerprint density at radius 3 is 3.00 bits per heavy atom. The molecular formula is C11H13N. The van der Waals surface area contributed by atoms with Crippen molar-refractivity contribution < 1.29 is 0 Å². The molecule has 1 heterocycles. The van der Waals surface area contributed by atoms with Gasteiger partial charge in [-0.05, 0) is 31.4 Å². The largest absolute Gasteiger partial charge is 0.261 e. The van der Waals surface area contributed by atoms with Crippen molar-refractivity contribution in [2.45, 2.75) is 25.2 Å². The Bertz CT molecular complexity index is 264. The Balaban J connectivity index is 2.19. The van der Waals surface area contributed by atoms with E-state index in [2.05, 4.69) is 29.3 Å². The second-order valence-corrected chi connectivity index (χ2v) is 3.22. The van der Waals surface area contributed by atoms with Crippen molar-refractivity contribution in [2.75, 3.05) is 0 Å². The predicted molar refractivity (Wildman–Crippen MR) is 50.0 cm³/mol. The van der Waals surface area contributed by atoms with Crippen LogP contribution < -0.4 is 0 Å². The minimum absolute atomic E-state index is 0.569. The molecule has 1 nitrogen and oxygen atoms in total. The maximum Gasteiger partial charge on any atom is 0.0472 e. The first-order valence-corrected chi connectivity index (χ1v) is 4.54. The molecule has 0 bridgehead atoms. The Morgan fingerprint density at radius 1 is 1.33 bits per heavy atom. The van der Waals surface area contributed by atoms with Gasteiger partial charge in [-0.2, -0.15) is 0 Å². The first-order valence-electron chi connectivity index (χ1n) is 4.54. The van der Waals surface area contributed by atoms with E-state index in [0.29, 0.717) is 5.92 Å². The van der Waals surface area contributed by atoms with Gasteiger partial charge in [-0.15, -0.1) is 0 Å². The van der Waals surface area contributed by atoms with Gasteiger partial charge in [-0.25, -0.2) is 0 Å². The summed E-state index contributed by atoms with van der Waals surface area (Å²) in [5.41, 5.74) is 1.22. The van der Waals surface area contributed by atoms with Gasteiger partial charge in [0.25, 0.3) is 0 Å². The van der Waals surface area contributed by atoms with Crippen LogP contribution in [0, 0.1) is 0 Å². The minimum atomic E-state index is 0.569. The lowest BCUT2D eigenvalue weighted by molar-refractivity contribution is 0.641. The van der Waals surface area contributed by atoms with E-state index in [-0.39, 0.29) is 0 Å². The molecule has 12 heavy (non-hydrogen) atoms. The zero-order valence-corrected chi connectivity index (χ0v) is 7.11. The second-order valence-electron chi connectivity index (χ2n) is 3.22. The Labute approximate surface area is 73.1 Å². The summed E-state index contributed by atoms with van der Waals surface area (Å²) in [7, 11) is 0. The molecule has 1 aromatic heterocycles. The van der Waals surface area contributed by atoms with Crippen LogP contribution in [-0.4, -0.2) is 4.98 Å². The van der Waals surface area contributed by atoms with Crippen LogP contribution in [0.3, 0.4) is 0 Å². The highest BCUT2D eigenvalue weighted by atomic mass is 14.7. The zero-order chi connectivity index (χ0) is 8.23. The van der Waals surface area contributed by atoms with Gasteiger partial charge in [-0.1, -0.05) is 18.2 Å². The number of allylic oxidation sites excluding steroid dienone is 2. The summed E-state index contributed by atoms with van der Waals surface area (Å²) >= 11 is 0. The van der Waals surface area contributed by atoms with E-state index in [0.717, 1.165) is 0 Å². The van der Waals surface area contributed by atoms with Gasteiger partial charge in [0, 0.05) is 17.8 Å². The number of rotatable bonds is 1. The smallest absolute Gasteiger partial charge is 0.0472 e. The number of aromatic nitrogens is 1. The van der Waals surface area contributed by atoms with E-state index in [4.69, 9.17) is 0 Å². The molecule has 0 unspecified atom stereocenters. The van der Waals surface area contributed by atoms with Gasteiger partial charge in [0.05, 0.1) is 0 Å². The van der Waals surface area contributed by atoms with Crippen LogP contribution >= 0.6 is 0 Å². The number of hydrogen-bond donors (Lipinski definition) is 0. The molecule has 62 valence electrons. The van der Waals surface area contributed by atoms with E-state index in [9.17, 15) is 0 Å². The summed E-state index contributed by atoms with van der Waals surface area (Å²) in [6.07, 6.45) is 10.2. The van der Waals surface area contributed by atoms with E-state index in [1.54, 1.807) is 0 Å². The highest BCUT2D eigenvalue weighted by molar-refractivity contribution is 5.16. The molecule has 1 heteroatoms. The third kappa shape index (κ3) is 1.55. The quantitative estimate of drug-likeness (QED) is 0.574. The SMILES string of the molecule is C1=C[C@H](c2ccccn2)CCC1. The molecule has 0 radical (unpaired) electrons. The molecule has 0 aliphatic heterocycles. The van der Waals surface area contributed by atoms with Crippen LogP contribution in [0.5, 0.6) is 0 Å². The number of pyridine rings is 1. The molecule has 0 amide bonds. The van der Waals surface area contributed by atoms with Crippen molar-refractivity contribution in [3.8, 4) is 0 Å². The average molecular weight is 159 g/mol. The van der Waals surface area contributed by atoms with Crippen molar-refractivity contribution in [1.29, 1.82) is 0 Å². The van der Waals surface area contributed by atoms with Crippen molar-refractivity contribution >= 4 is 0 Å². The maximum absolute atomic E-state index is 4.35. The van der Waals surface area contributed by atoms with Gasteiger partial charge < -0.3 is 0 Å². The van der Waals surface area contributed by atoms with Crippen LogP contribution in [0.15, 0.2) is 36.5 Å². The molecule has 0 N–H and O–H groups in total. The van der Waals surface area contributed by atoms with Crippen LogP contribution in [-0.2, 0) is 0 Å². The molecule has 0 saturated carbocycles. The van der Waals surface area contributed by atoms with Gasteiger partial charge in [0.1, 0.15) is 0 Å². The van der Waals surface area contributed by atoms with Gasteiger partial charge in [0.15, 0.2) is 0 Å². The summed E-state index contributed by atoms with van der Waals surface area (Å²) in [6, 6.07) is 6.14. The molecule has 1 aliphatic carbocycles. The van der Waals surface area contributed by atoms with Crippen LogP contribution in [0.2, 0.25) is 0 Å². The van der Waals surface area contributed by atoms with E-state index in [1.807, 2.05) is 12.3 Å². The Kier molecular flexibility index (Phi) is 2.21. The van der Waals surface area contributed by atoms with Crippen LogP contribution in [0.25, 0.3) is 0 Å². The summed E-state index contributed by atoms with van der Waals surface area (Å²) < 4.78 is 0. The minimum Gasteiger partial charge on any atom is -0.261 e. The highest BCUT2D eigenvalue weighted by Gasteiger charge is 2.10. The van der Waals surface area contributed by atoms with E-state index < -0.39 is 0 Å². The topological polar surface area (TPSA) is 12.9 Å². The molecule has 1 aromatic rings. The van der Waals surface area contributed by atoms with Crippen LogP contribution in [0.1, 0.15) is 30.9 Å². The Morgan fingerprint density at radius 2 is 2.33 bits per heavy atom. The molecular weight excluding hydrogens is 146 g/mol. The average Bonchev–Trinajstić information content (AvgIpc) is 2.21. The lowest BCUT2D eigenvalue weighted by Crippen LogP contribution is -2.00. The normalized spacial score (nSPS) is 22.5. The van der Waals surface area contributed by atoms with Crippen molar-refractivity contribution in [2.24, 2.45) is 0 Å². The maximum atomic E-state index is 4.35. The number of nitrogens with zero attached hydrogens (tertiary/aromatic N) is 1. The third-order valence-corrected chi connectivity index (χ3v) is 2.32. The second kappa shape index (κ2) is 3.53. The molecule has 0 aromatic carbocycles. The molecule has 0 saturated heterocycles. The molecule has 0 fully saturated rings. The zero-order valence-electron chi connectivity index (χ0n) is 7.11. The molecule has 0 spiro atoms. The molecule has 1 atom stereocenters. The fourth-order valence-electron chi connectivity index (χ4n) is 1.65. The van der Waals surface area contributed by atoms with Gasteiger partial charge in [-0.3, -0.25) is 4.98 Å². The van der Waals surface area contributed by atoms with E-state index in [1.165, 1.54) is 25.0 Å². The first-order chi connectivity index (χ1) is 5.97. The van der Waals surface area contributed by atoms with Crippen LogP contribution in [0.4, 0.5) is 0 Å². The van der Waals surface area contributed by atoms with Gasteiger partial charge in [0.2, 0.25) is 0 Å². The summed E-state index contributed by atoms with van der Waals surface area (Å²) in [5, 5.41) is 0. The van der Waals surface area contributed by atoms with Gasteiger partial charge >= 0.3 is 0 Å². The third-order valence-electron chi connectivity index (χ3n) is 2.32. The summed E-state index contributed by atoms with van der Waals surface area (Å²) in [4.78, 5) is 4.35. The lowest BCUT2D eigenvalue weighted by Gasteiger charge is -2.14. The monoisotopic (exact) mass is 159 g/mol.